The van der Waals surface area contributed by atoms with Crippen LogP contribution in [-0.2, 0) is 0 Å². The minimum absolute atomic E-state index is 0.0658. The highest BCUT2D eigenvalue weighted by Gasteiger charge is 2.32. The number of halogens is 1. The van der Waals surface area contributed by atoms with Crippen LogP contribution in [0.5, 0.6) is 5.75 Å². The number of aromatic nitrogens is 1. The molecule has 0 aliphatic carbocycles. The van der Waals surface area contributed by atoms with Crippen LogP contribution in [0.25, 0.3) is 0 Å². The number of carbonyl (C=O) groups is 1. The molecule has 1 amide bonds. The largest absolute Gasteiger partial charge is 0.497 e. The summed E-state index contributed by atoms with van der Waals surface area (Å²) in [6.07, 6.45) is 2.50. The predicted octanol–water partition coefficient (Wildman–Crippen LogP) is 3.12. The molecule has 0 N–H and O–H groups in total. The smallest absolute Gasteiger partial charge is 0.258 e. The molecule has 0 spiro atoms. The van der Waals surface area contributed by atoms with E-state index in [2.05, 4.69) is 4.98 Å². The highest BCUT2D eigenvalue weighted by atomic mass is 32.2. The lowest BCUT2D eigenvalue weighted by Gasteiger charge is -2.24. The van der Waals surface area contributed by atoms with Gasteiger partial charge in [-0.05, 0) is 23.8 Å². The lowest BCUT2D eigenvalue weighted by atomic mass is 10.1. The summed E-state index contributed by atoms with van der Waals surface area (Å²) in [6.45, 7) is 0.599. The van der Waals surface area contributed by atoms with Crippen LogP contribution in [0.2, 0.25) is 0 Å². The molecule has 1 fully saturated rings. The molecule has 1 aromatic heterocycles. The molecule has 1 unspecified atom stereocenters. The Morgan fingerprint density at radius 1 is 1.36 bits per heavy atom. The second-order valence-corrected chi connectivity index (χ2v) is 6.04. The Labute approximate surface area is 132 Å². The van der Waals surface area contributed by atoms with Gasteiger partial charge in [0.15, 0.2) is 5.82 Å². The molecule has 1 aliphatic heterocycles. The standard InChI is InChI=1S/C16H15FN2O2S/c1-21-12-4-2-11(3-5-12)16-19(8-9-22-16)15(20)13-6-7-18-10-14(13)17/h2-7,10,16H,8-9H2,1H3. The van der Waals surface area contributed by atoms with Gasteiger partial charge in [-0.3, -0.25) is 9.78 Å². The molecule has 6 heteroatoms. The Balaban J connectivity index is 1.86. The summed E-state index contributed by atoms with van der Waals surface area (Å²) in [5.74, 6) is 0.711. The Kier molecular flexibility index (Phi) is 4.29. The number of nitrogens with zero attached hydrogens (tertiary/aromatic N) is 2. The van der Waals surface area contributed by atoms with Crippen LogP contribution >= 0.6 is 11.8 Å². The van der Waals surface area contributed by atoms with E-state index >= 15 is 0 Å². The minimum Gasteiger partial charge on any atom is -0.497 e. The number of pyridine rings is 1. The van der Waals surface area contributed by atoms with E-state index in [0.29, 0.717) is 6.54 Å². The number of benzene rings is 1. The van der Waals surface area contributed by atoms with Gasteiger partial charge in [0, 0.05) is 18.5 Å². The summed E-state index contributed by atoms with van der Waals surface area (Å²) in [7, 11) is 1.61. The first kappa shape index (κ1) is 14.8. The van der Waals surface area contributed by atoms with Gasteiger partial charge in [0.1, 0.15) is 11.1 Å². The van der Waals surface area contributed by atoms with Gasteiger partial charge in [-0.1, -0.05) is 12.1 Å². The zero-order chi connectivity index (χ0) is 15.5. The summed E-state index contributed by atoms with van der Waals surface area (Å²) >= 11 is 1.67. The maximum atomic E-state index is 13.8. The fraction of sp³-hybridized carbons (Fsp3) is 0.250. The Morgan fingerprint density at radius 2 is 2.14 bits per heavy atom. The number of methoxy groups -OCH3 is 1. The molecule has 1 atom stereocenters. The maximum Gasteiger partial charge on any atom is 0.258 e. The number of hydrogen-bond donors (Lipinski definition) is 0. The molecule has 4 nitrogen and oxygen atoms in total. The number of carbonyl (C=O) groups excluding carboxylic acids is 1. The molecule has 22 heavy (non-hydrogen) atoms. The molecule has 1 aromatic carbocycles. The van der Waals surface area contributed by atoms with Gasteiger partial charge in [-0.25, -0.2) is 4.39 Å². The fourth-order valence-corrected chi connectivity index (χ4v) is 3.68. The van der Waals surface area contributed by atoms with Crippen LogP contribution < -0.4 is 4.74 Å². The second-order valence-electron chi connectivity index (χ2n) is 4.85. The highest BCUT2D eigenvalue weighted by molar-refractivity contribution is 7.99. The predicted molar refractivity (Wildman–Crippen MR) is 83.4 cm³/mol. The Hall–Kier alpha value is -2.08. The fourth-order valence-electron chi connectivity index (χ4n) is 2.43. The zero-order valence-electron chi connectivity index (χ0n) is 12.0. The van der Waals surface area contributed by atoms with Crippen LogP contribution in [0.4, 0.5) is 4.39 Å². The van der Waals surface area contributed by atoms with E-state index in [9.17, 15) is 9.18 Å². The van der Waals surface area contributed by atoms with Crippen molar-refractivity contribution < 1.29 is 13.9 Å². The van der Waals surface area contributed by atoms with Crippen molar-refractivity contribution in [3.8, 4) is 5.75 Å². The molecular weight excluding hydrogens is 303 g/mol. The zero-order valence-corrected chi connectivity index (χ0v) is 12.8. The number of ether oxygens (including phenoxy) is 1. The Bertz CT molecular complexity index is 678. The van der Waals surface area contributed by atoms with E-state index in [1.807, 2.05) is 24.3 Å². The van der Waals surface area contributed by atoms with Crippen LogP contribution in [0.1, 0.15) is 21.3 Å². The number of thioether (sulfide) groups is 1. The maximum absolute atomic E-state index is 13.8. The van der Waals surface area contributed by atoms with Gasteiger partial charge in [0.05, 0.1) is 18.9 Å². The number of rotatable bonds is 3. The average Bonchev–Trinajstić information content (AvgIpc) is 3.04. The van der Waals surface area contributed by atoms with Gasteiger partial charge in [0.2, 0.25) is 0 Å². The summed E-state index contributed by atoms with van der Waals surface area (Å²) in [6, 6.07) is 9.02. The molecule has 1 aliphatic rings. The first-order chi connectivity index (χ1) is 10.7. The summed E-state index contributed by atoms with van der Waals surface area (Å²) < 4.78 is 18.9. The van der Waals surface area contributed by atoms with E-state index < -0.39 is 5.82 Å². The first-order valence-corrected chi connectivity index (χ1v) is 7.91. The molecule has 1 saturated heterocycles. The van der Waals surface area contributed by atoms with E-state index in [1.165, 1.54) is 12.3 Å². The van der Waals surface area contributed by atoms with Crippen LogP contribution in [-0.4, -0.2) is 35.2 Å². The molecule has 3 rings (SSSR count). The van der Waals surface area contributed by atoms with Crippen LogP contribution in [0.3, 0.4) is 0 Å². The molecule has 0 saturated carbocycles. The minimum atomic E-state index is -0.585. The van der Waals surface area contributed by atoms with Crippen molar-refractivity contribution >= 4 is 17.7 Å². The van der Waals surface area contributed by atoms with Crippen molar-refractivity contribution in [2.24, 2.45) is 0 Å². The van der Waals surface area contributed by atoms with E-state index in [1.54, 1.807) is 23.8 Å². The van der Waals surface area contributed by atoms with Crippen molar-refractivity contribution in [2.75, 3.05) is 19.4 Å². The number of hydrogen-bond acceptors (Lipinski definition) is 4. The van der Waals surface area contributed by atoms with Crippen LogP contribution in [0, 0.1) is 5.82 Å². The SMILES string of the molecule is COc1ccc(C2SCCN2C(=O)c2ccncc2F)cc1. The van der Waals surface area contributed by atoms with E-state index in [0.717, 1.165) is 23.3 Å². The van der Waals surface area contributed by atoms with Gasteiger partial charge >= 0.3 is 0 Å². The summed E-state index contributed by atoms with van der Waals surface area (Å²) in [4.78, 5) is 18.0. The van der Waals surface area contributed by atoms with Crippen molar-refractivity contribution in [3.05, 3.63) is 59.7 Å². The second kappa shape index (κ2) is 6.36. The van der Waals surface area contributed by atoms with Crippen LogP contribution in [0.15, 0.2) is 42.7 Å². The lowest BCUT2D eigenvalue weighted by Crippen LogP contribution is -2.31. The van der Waals surface area contributed by atoms with E-state index in [-0.39, 0.29) is 16.8 Å². The summed E-state index contributed by atoms with van der Waals surface area (Å²) in [5.41, 5.74) is 1.07. The van der Waals surface area contributed by atoms with E-state index in [4.69, 9.17) is 4.74 Å². The monoisotopic (exact) mass is 318 g/mol. The quantitative estimate of drug-likeness (QED) is 0.872. The van der Waals surface area contributed by atoms with Gasteiger partial charge < -0.3 is 9.64 Å². The topological polar surface area (TPSA) is 42.4 Å². The average molecular weight is 318 g/mol. The van der Waals surface area contributed by atoms with Crippen molar-refractivity contribution in [1.29, 1.82) is 0 Å². The normalized spacial score (nSPS) is 17.5. The van der Waals surface area contributed by atoms with Crippen molar-refractivity contribution in [1.82, 2.24) is 9.88 Å². The third-order valence-electron chi connectivity index (χ3n) is 3.56. The molecule has 2 heterocycles. The van der Waals surface area contributed by atoms with Crippen molar-refractivity contribution in [3.63, 3.8) is 0 Å². The molecule has 2 aromatic rings. The van der Waals surface area contributed by atoms with Gasteiger partial charge in [-0.15, -0.1) is 11.8 Å². The third-order valence-corrected chi connectivity index (χ3v) is 4.82. The van der Waals surface area contributed by atoms with Crippen molar-refractivity contribution in [2.45, 2.75) is 5.37 Å². The summed E-state index contributed by atoms with van der Waals surface area (Å²) in [5, 5.41) is -0.106. The Morgan fingerprint density at radius 3 is 2.82 bits per heavy atom. The molecule has 114 valence electrons. The molecule has 0 bridgehead atoms. The van der Waals surface area contributed by atoms with Gasteiger partial charge in [-0.2, -0.15) is 0 Å². The molecular formula is C16H15FN2O2S. The highest BCUT2D eigenvalue weighted by Crippen LogP contribution is 2.39. The molecule has 0 radical (unpaired) electrons. The van der Waals surface area contributed by atoms with Gasteiger partial charge in [0.25, 0.3) is 5.91 Å². The lowest BCUT2D eigenvalue weighted by molar-refractivity contribution is 0.0755. The first-order valence-electron chi connectivity index (χ1n) is 6.87. The third kappa shape index (κ3) is 2.78. The number of amides is 1.